The van der Waals surface area contributed by atoms with E-state index in [2.05, 4.69) is 15.8 Å². The SMILES string of the molecule is CC(C)CC(NC(=O)OC(C)(C)C)/C(N)=N/OCC(=O)Nc1ccc(C(=O)N(C)C)cc1. The van der Waals surface area contributed by atoms with Crippen LogP contribution in [0.15, 0.2) is 29.4 Å². The Morgan fingerprint density at radius 1 is 1.12 bits per heavy atom. The van der Waals surface area contributed by atoms with E-state index in [0.29, 0.717) is 17.7 Å². The van der Waals surface area contributed by atoms with Gasteiger partial charge in [0.05, 0.1) is 6.04 Å². The van der Waals surface area contributed by atoms with Gasteiger partial charge in [-0.25, -0.2) is 4.79 Å². The van der Waals surface area contributed by atoms with E-state index in [4.69, 9.17) is 15.3 Å². The Bertz CT molecular complexity index is 813. The normalized spacial score (nSPS) is 12.7. The van der Waals surface area contributed by atoms with E-state index < -0.39 is 23.6 Å². The minimum Gasteiger partial charge on any atom is -0.444 e. The molecule has 0 bridgehead atoms. The van der Waals surface area contributed by atoms with Gasteiger partial charge in [0.1, 0.15) is 5.60 Å². The molecule has 1 aromatic carbocycles. The zero-order valence-electron chi connectivity index (χ0n) is 19.9. The third-order valence-electron chi connectivity index (χ3n) is 3.94. The topological polar surface area (TPSA) is 135 Å². The summed E-state index contributed by atoms with van der Waals surface area (Å²) in [5.41, 5.74) is 6.34. The minimum absolute atomic E-state index is 0.0314. The van der Waals surface area contributed by atoms with Crippen LogP contribution in [0.4, 0.5) is 10.5 Å². The number of ether oxygens (including phenoxy) is 1. The van der Waals surface area contributed by atoms with Crippen molar-refractivity contribution in [1.82, 2.24) is 10.2 Å². The number of nitrogens with one attached hydrogen (secondary N) is 2. The molecular formula is C22H35N5O5. The van der Waals surface area contributed by atoms with Crippen molar-refractivity contribution < 1.29 is 24.0 Å². The standard InChI is InChI=1S/C22H35N5O5/c1-14(2)12-17(25-21(30)32-22(3,4)5)19(23)26-31-13-18(28)24-16-10-8-15(9-11-16)20(29)27(6)7/h8-11,14,17H,12-13H2,1-7H3,(H2,23,26)(H,24,28)(H,25,30). The lowest BCUT2D eigenvalue weighted by Crippen LogP contribution is -2.47. The maximum absolute atomic E-state index is 12.1. The van der Waals surface area contributed by atoms with Crippen LogP contribution in [0.2, 0.25) is 0 Å². The van der Waals surface area contributed by atoms with E-state index in [1.54, 1.807) is 59.1 Å². The molecule has 0 heterocycles. The fourth-order valence-corrected chi connectivity index (χ4v) is 2.56. The van der Waals surface area contributed by atoms with Gasteiger partial charge in [0, 0.05) is 25.3 Å². The van der Waals surface area contributed by atoms with Gasteiger partial charge < -0.3 is 30.8 Å². The molecule has 1 atom stereocenters. The molecule has 0 spiro atoms. The van der Waals surface area contributed by atoms with E-state index in [9.17, 15) is 14.4 Å². The molecule has 4 N–H and O–H groups in total. The van der Waals surface area contributed by atoms with Gasteiger partial charge in [0.2, 0.25) is 0 Å². The minimum atomic E-state index is -0.648. The Balaban J connectivity index is 2.64. The number of amidine groups is 1. The molecule has 1 unspecified atom stereocenters. The summed E-state index contributed by atoms with van der Waals surface area (Å²) in [6.07, 6.45) is -0.0995. The van der Waals surface area contributed by atoms with E-state index in [1.807, 2.05) is 13.8 Å². The Hall–Kier alpha value is -3.30. The Labute approximate surface area is 189 Å². The number of carbonyl (C=O) groups is 3. The summed E-state index contributed by atoms with van der Waals surface area (Å²) in [6.45, 7) is 8.86. The van der Waals surface area contributed by atoms with E-state index >= 15 is 0 Å². The first kappa shape index (κ1) is 26.7. The second-order valence-electron chi connectivity index (χ2n) is 8.94. The van der Waals surface area contributed by atoms with Gasteiger partial charge >= 0.3 is 6.09 Å². The number of anilines is 1. The number of rotatable bonds is 9. The van der Waals surface area contributed by atoms with Crippen molar-refractivity contribution in [2.75, 3.05) is 26.0 Å². The fourth-order valence-electron chi connectivity index (χ4n) is 2.56. The summed E-state index contributed by atoms with van der Waals surface area (Å²) in [5.74, 6) is -0.334. The number of benzene rings is 1. The molecule has 178 valence electrons. The van der Waals surface area contributed by atoms with Crippen LogP contribution in [0, 0.1) is 5.92 Å². The van der Waals surface area contributed by atoms with Crippen molar-refractivity contribution in [1.29, 1.82) is 0 Å². The first-order chi connectivity index (χ1) is 14.8. The van der Waals surface area contributed by atoms with Crippen molar-refractivity contribution >= 4 is 29.4 Å². The van der Waals surface area contributed by atoms with Crippen LogP contribution in [0.25, 0.3) is 0 Å². The fraction of sp³-hybridized carbons (Fsp3) is 0.545. The average Bonchev–Trinajstić information content (AvgIpc) is 2.65. The van der Waals surface area contributed by atoms with E-state index in [0.717, 1.165) is 0 Å². The molecule has 0 saturated heterocycles. The summed E-state index contributed by atoms with van der Waals surface area (Å²) in [6, 6.07) is 5.88. The number of oxime groups is 1. The summed E-state index contributed by atoms with van der Waals surface area (Å²) in [7, 11) is 3.33. The summed E-state index contributed by atoms with van der Waals surface area (Å²) < 4.78 is 5.26. The van der Waals surface area contributed by atoms with Crippen LogP contribution < -0.4 is 16.4 Å². The molecule has 10 nitrogen and oxygen atoms in total. The first-order valence-electron chi connectivity index (χ1n) is 10.3. The van der Waals surface area contributed by atoms with Gasteiger partial charge in [-0.1, -0.05) is 19.0 Å². The predicted octanol–water partition coefficient (Wildman–Crippen LogP) is 2.56. The third kappa shape index (κ3) is 10.1. The number of carbonyl (C=O) groups excluding carboxylic acids is 3. The number of hydrogen-bond donors (Lipinski definition) is 3. The van der Waals surface area contributed by atoms with Crippen LogP contribution in [0.3, 0.4) is 0 Å². The van der Waals surface area contributed by atoms with Crippen LogP contribution in [0.5, 0.6) is 0 Å². The second kappa shape index (κ2) is 11.9. The number of hydrogen-bond acceptors (Lipinski definition) is 6. The molecule has 0 fully saturated rings. The molecule has 10 heteroatoms. The highest BCUT2D eigenvalue weighted by Gasteiger charge is 2.23. The highest BCUT2D eigenvalue weighted by atomic mass is 16.6. The molecule has 32 heavy (non-hydrogen) atoms. The number of alkyl carbamates (subject to hydrolysis) is 1. The molecule has 0 radical (unpaired) electrons. The van der Waals surface area contributed by atoms with Crippen molar-refractivity contribution in [2.24, 2.45) is 16.8 Å². The molecular weight excluding hydrogens is 414 g/mol. The third-order valence-corrected chi connectivity index (χ3v) is 3.94. The molecule has 0 aromatic heterocycles. The smallest absolute Gasteiger partial charge is 0.408 e. The van der Waals surface area contributed by atoms with Crippen LogP contribution in [0.1, 0.15) is 51.4 Å². The quantitative estimate of drug-likeness (QED) is 0.301. The Morgan fingerprint density at radius 3 is 2.22 bits per heavy atom. The van der Waals surface area contributed by atoms with Crippen molar-refractivity contribution in [3.63, 3.8) is 0 Å². The molecule has 3 amide bonds. The lowest BCUT2D eigenvalue weighted by Gasteiger charge is -2.24. The molecule has 0 aliphatic rings. The molecule has 1 rings (SSSR count). The summed E-state index contributed by atoms with van der Waals surface area (Å²) >= 11 is 0. The summed E-state index contributed by atoms with van der Waals surface area (Å²) in [4.78, 5) is 42.6. The van der Waals surface area contributed by atoms with Crippen LogP contribution >= 0.6 is 0 Å². The van der Waals surface area contributed by atoms with Gasteiger partial charge in [0.25, 0.3) is 11.8 Å². The number of nitrogens with zero attached hydrogens (tertiary/aromatic N) is 2. The maximum atomic E-state index is 12.1. The number of nitrogens with two attached hydrogens (primary N) is 1. The lowest BCUT2D eigenvalue weighted by atomic mass is 10.0. The zero-order chi connectivity index (χ0) is 24.5. The lowest BCUT2D eigenvalue weighted by molar-refractivity contribution is -0.120. The van der Waals surface area contributed by atoms with Gasteiger partial charge in [-0.2, -0.15) is 0 Å². The highest BCUT2D eigenvalue weighted by Crippen LogP contribution is 2.12. The highest BCUT2D eigenvalue weighted by molar-refractivity contribution is 5.96. The van der Waals surface area contributed by atoms with Crippen molar-refractivity contribution in [3.8, 4) is 0 Å². The van der Waals surface area contributed by atoms with Gasteiger partial charge in [-0.3, -0.25) is 9.59 Å². The van der Waals surface area contributed by atoms with Crippen molar-refractivity contribution in [3.05, 3.63) is 29.8 Å². The van der Waals surface area contributed by atoms with Crippen LogP contribution in [-0.2, 0) is 14.4 Å². The molecule has 0 aliphatic heterocycles. The van der Waals surface area contributed by atoms with Gasteiger partial charge in [-0.05, 0) is 57.4 Å². The maximum Gasteiger partial charge on any atom is 0.408 e. The monoisotopic (exact) mass is 449 g/mol. The first-order valence-corrected chi connectivity index (χ1v) is 10.3. The Morgan fingerprint density at radius 2 is 1.72 bits per heavy atom. The van der Waals surface area contributed by atoms with E-state index in [-0.39, 0.29) is 24.3 Å². The zero-order valence-corrected chi connectivity index (χ0v) is 19.9. The van der Waals surface area contributed by atoms with Gasteiger partial charge in [0.15, 0.2) is 12.4 Å². The second-order valence-corrected chi connectivity index (χ2v) is 8.94. The Kier molecular flexibility index (Phi) is 9.96. The molecule has 1 aromatic rings. The number of amides is 3. The molecule has 0 aliphatic carbocycles. The van der Waals surface area contributed by atoms with Crippen LogP contribution in [-0.4, -0.2) is 61.0 Å². The molecule has 0 saturated carbocycles. The predicted molar refractivity (Wildman–Crippen MR) is 123 cm³/mol. The summed E-state index contributed by atoms with van der Waals surface area (Å²) in [5, 5.41) is 9.10. The largest absolute Gasteiger partial charge is 0.444 e. The van der Waals surface area contributed by atoms with E-state index in [1.165, 1.54) is 4.90 Å². The average molecular weight is 450 g/mol. The van der Waals surface area contributed by atoms with Crippen molar-refractivity contribution in [2.45, 2.75) is 52.7 Å². The van der Waals surface area contributed by atoms with Gasteiger partial charge in [-0.15, -0.1) is 0 Å².